The lowest BCUT2D eigenvalue weighted by Gasteiger charge is -2.57. The fourth-order valence-corrected chi connectivity index (χ4v) is 12.1. The first-order valence-electron chi connectivity index (χ1n) is 19.3. The molecule has 0 spiro atoms. The van der Waals surface area contributed by atoms with E-state index in [0.29, 0.717) is 11.8 Å². The summed E-state index contributed by atoms with van der Waals surface area (Å²) in [6.45, 7) is 7.17. The van der Waals surface area contributed by atoms with E-state index in [9.17, 15) is 9.59 Å². The van der Waals surface area contributed by atoms with Crippen molar-refractivity contribution in [3.8, 4) is 5.75 Å². The summed E-state index contributed by atoms with van der Waals surface area (Å²) in [5.41, 5.74) is 8.48. The number of ether oxygens (including phenoxy) is 3. The molecule has 10 rings (SSSR count). The molecule has 4 aromatic rings. The van der Waals surface area contributed by atoms with Crippen LogP contribution in [0.5, 0.6) is 5.75 Å². The molecule has 9 atom stereocenters. The van der Waals surface area contributed by atoms with Gasteiger partial charge in [-0.2, -0.15) is 0 Å². The lowest BCUT2D eigenvalue weighted by atomic mass is 9.56. The number of aromatic amines is 2. The van der Waals surface area contributed by atoms with Crippen molar-refractivity contribution in [2.45, 2.75) is 75.8 Å². The number of allylic oxidation sites excluding steroid dienone is 1. The van der Waals surface area contributed by atoms with Crippen LogP contribution in [-0.4, -0.2) is 91.8 Å². The molecule has 52 heavy (non-hydrogen) atoms. The number of hydrogen-bond acceptors (Lipinski definition) is 7. The number of para-hydroxylation sites is 1. The Morgan fingerprint density at radius 3 is 2.60 bits per heavy atom. The minimum Gasteiger partial charge on any atom is -0.496 e. The van der Waals surface area contributed by atoms with Crippen LogP contribution in [0, 0.1) is 23.7 Å². The van der Waals surface area contributed by atoms with Crippen molar-refractivity contribution < 1.29 is 23.8 Å². The fourth-order valence-electron chi connectivity index (χ4n) is 12.1. The van der Waals surface area contributed by atoms with Gasteiger partial charge in [0.05, 0.1) is 27.2 Å². The van der Waals surface area contributed by atoms with Gasteiger partial charge in [-0.15, -0.1) is 0 Å². The second-order valence-electron chi connectivity index (χ2n) is 16.3. The molecule has 9 heteroatoms. The Hall–Kier alpha value is -4.08. The van der Waals surface area contributed by atoms with Gasteiger partial charge in [0.25, 0.3) is 0 Å². The first-order chi connectivity index (χ1) is 25.3. The highest BCUT2D eigenvalue weighted by molar-refractivity contribution is 5.93. The highest BCUT2D eigenvalue weighted by Gasteiger charge is 2.62. The summed E-state index contributed by atoms with van der Waals surface area (Å²) in [6.07, 6.45) is 7.59. The molecular formula is C43H52N4O5. The van der Waals surface area contributed by atoms with Gasteiger partial charge in [0, 0.05) is 76.4 Å². The van der Waals surface area contributed by atoms with Crippen molar-refractivity contribution in [2.75, 3.05) is 48.0 Å². The average Bonchev–Trinajstić information content (AvgIpc) is 3.69. The smallest absolute Gasteiger partial charge is 0.319 e. The predicted octanol–water partition coefficient (Wildman–Crippen LogP) is 6.49. The van der Waals surface area contributed by atoms with Gasteiger partial charge in [-0.05, 0) is 93.2 Å². The molecule has 9 nitrogen and oxygen atoms in total. The summed E-state index contributed by atoms with van der Waals surface area (Å²) in [6, 6.07) is 13.2. The number of likely N-dealkylation sites (tertiary alicyclic amines) is 1. The third-order valence-electron chi connectivity index (χ3n) is 14.1. The number of piperidine rings is 3. The van der Waals surface area contributed by atoms with E-state index in [4.69, 9.17) is 14.2 Å². The molecule has 4 fully saturated rings. The van der Waals surface area contributed by atoms with Gasteiger partial charge in [0.2, 0.25) is 0 Å². The molecule has 1 saturated carbocycles. The zero-order valence-corrected chi connectivity index (χ0v) is 31.4. The molecule has 2 aromatic carbocycles. The fraction of sp³-hybridized carbons (Fsp3) is 0.535. The number of fused-ring (bicyclic) bond motifs is 9. The number of H-pyrrole nitrogens is 2. The summed E-state index contributed by atoms with van der Waals surface area (Å²) in [5.74, 6) is 1.11. The van der Waals surface area contributed by atoms with Gasteiger partial charge in [-0.1, -0.05) is 43.2 Å². The quantitative estimate of drug-likeness (QED) is 0.181. The van der Waals surface area contributed by atoms with Crippen LogP contribution in [0.4, 0.5) is 0 Å². The number of methoxy groups -OCH3 is 3. The van der Waals surface area contributed by atoms with Gasteiger partial charge < -0.3 is 24.2 Å². The molecule has 4 aliphatic heterocycles. The molecule has 0 radical (unpaired) electrons. The number of carbonyl (C=O) groups excluding carboxylic acids is 2. The van der Waals surface area contributed by atoms with E-state index in [1.54, 1.807) is 14.2 Å². The minimum absolute atomic E-state index is 0.00122. The molecule has 2 aliphatic carbocycles. The maximum absolute atomic E-state index is 14.2. The summed E-state index contributed by atoms with van der Waals surface area (Å²) in [7, 11) is 6.99. The van der Waals surface area contributed by atoms with E-state index in [-0.39, 0.29) is 41.8 Å². The monoisotopic (exact) mass is 704 g/mol. The summed E-state index contributed by atoms with van der Waals surface area (Å²) < 4.78 is 17.6. The highest BCUT2D eigenvalue weighted by Crippen LogP contribution is 2.56. The van der Waals surface area contributed by atoms with Crippen molar-refractivity contribution in [2.24, 2.45) is 23.7 Å². The van der Waals surface area contributed by atoms with Gasteiger partial charge >= 0.3 is 11.9 Å². The first kappa shape index (κ1) is 33.7. The van der Waals surface area contributed by atoms with Crippen LogP contribution < -0.4 is 4.74 Å². The normalized spacial score (nSPS) is 33.2. The Labute approximate surface area is 306 Å². The Morgan fingerprint density at radius 2 is 1.85 bits per heavy atom. The number of likely N-dealkylation sites (N-methyl/N-ethyl adjacent to an activating group) is 1. The number of aromatic nitrogens is 2. The highest BCUT2D eigenvalue weighted by atomic mass is 16.5. The summed E-state index contributed by atoms with van der Waals surface area (Å²) in [5, 5.41) is 2.32. The number of nitrogens with zero attached hydrogens (tertiary/aromatic N) is 2. The molecule has 3 saturated heterocycles. The summed E-state index contributed by atoms with van der Waals surface area (Å²) in [4.78, 5) is 40.8. The SMILES string of the molecule is CC=C1CN(C)[C@H]2Cc3c([nH]c4ccccc34)[C@@H](c3cc4[nH]c5c(c4cc3OC)CCN3C[C@@H]4C[C@H](CC)[C@H]3[C@@]5(C(=O)OC)C4)C[C@@H]1C2C(=O)OC. The van der Waals surface area contributed by atoms with Crippen LogP contribution in [0.3, 0.4) is 0 Å². The van der Waals surface area contributed by atoms with E-state index >= 15 is 0 Å². The number of hydrogen-bond donors (Lipinski definition) is 2. The van der Waals surface area contributed by atoms with Crippen LogP contribution in [-0.2, 0) is 37.3 Å². The number of rotatable bonds is 5. The average molecular weight is 705 g/mol. The van der Waals surface area contributed by atoms with Crippen LogP contribution in [0.2, 0.25) is 0 Å². The third kappa shape index (κ3) is 4.67. The van der Waals surface area contributed by atoms with Crippen molar-refractivity contribution in [3.05, 3.63) is 76.1 Å². The zero-order chi connectivity index (χ0) is 36.1. The summed E-state index contributed by atoms with van der Waals surface area (Å²) >= 11 is 0. The van der Waals surface area contributed by atoms with Crippen LogP contribution in [0.15, 0.2) is 48.0 Å². The van der Waals surface area contributed by atoms with Gasteiger partial charge in [-0.25, -0.2) is 0 Å². The van der Waals surface area contributed by atoms with Crippen LogP contribution in [0.25, 0.3) is 21.8 Å². The van der Waals surface area contributed by atoms with Crippen LogP contribution in [0.1, 0.15) is 73.5 Å². The standard InChI is InChI=1S/C43H52N4O5/c1-7-24-15-23-20-43(42(49)52-6)39-27(13-14-47(21-23)40(24)43)29-19-36(50-4)30(17-34(29)45-39)31-16-28-25(8-2)22-46(3)35(37(28)41(48)51-5)18-32-26-11-9-10-12-33(26)44-38(31)32/h8-12,17,19,23-24,28,31,35,37,40,44-45H,7,13-16,18,20-22H2,1-6H3/t23-,24+,28+,31-,35+,37?,40+,43-/m1/s1. The molecule has 6 heterocycles. The Kier molecular flexibility index (Phi) is 8.12. The molecule has 2 N–H and O–H groups in total. The number of carbonyl (C=O) groups is 2. The van der Waals surface area contributed by atoms with Crippen molar-refractivity contribution >= 4 is 33.7 Å². The maximum Gasteiger partial charge on any atom is 0.319 e. The Balaban J connectivity index is 1.27. The maximum atomic E-state index is 14.2. The Bertz CT molecular complexity index is 2110. The van der Waals surface area contributed by atoms with Gasteiger partial charge in [-0.3, -0.25) is 19.4 Å². The first-order valence-corrected chi connectivity index (χ1v) is 19.3. The van der Waals surface area contributed by atoms with Crippen molar-refractivity contribution in [1.29, 1.82) is 0 Å². The number of benzene rings is 2. The second kappa shape index (κ2) is 12.5. The molecule has 274 valence electrons. The van der Waals surface area contributed by atoms with E-state index in [1.807, 2.05) is 0 Å². The van der Waals surface area contributed by atoms with Crippen molar-refractivity contribution in [1.82, 2.24) is 19.8 Å². The topological polar surface area (TPSA) is 99.9 Å². The lowest BCUT2D eigenvalue weighted by Crippen LogP contribution is -2.67. The van der Waals surface area contributed by atoms with Crippen molar-refractivity contribution in [3.63, 3.8) is 0 Å². The predicted molar refractivity (Wildman–Crippen MR) is 202 cm³/mol. The second-order valence-corrected chi connectivity index (χ2v) is 16.3. The third-order valence-corrected chi connectivity index (χ3v) is 14.1. The van der Waals surface area contributed by atoms with E-state index in [2.05, 4.69) is 83.1 Å². The van der Waals surface area contributed by atoms with E-state index in [0.717, 1.165) is 85.2 Å². The molecule has 6 bridgehead atoms. The molecule has 0 amide bonds. The molecule has 2 aromatic heterocycles. The van der Waals surface area contributed by atoms with E-state index < -0.39 is 5.41 Å². The largest absolute Gasteiger partial charge is 0.496 e. The number of esters is 2. The minimum atomic E-state index is -0.725. The lowest BCUT2D eigenvalue weighted by molar-refractivity contribution is -0.162. The molecule has 2 unspecified atom stereocenters. The van der Waals surface area contributed by atoms with Crippen LogP contribution >= 0.6 is 0 Å². The zero-order valence-electron chi connectivity index (χ0n) is 31.4. The molecular weight excluding hydrogens is 652 g/mol. The van der Waals surface area contributed by atoms with Gasteiger partial charge in [0.1, 0.15) is 11.2 Å². The van der Waals surface area contributed by atoms with Gasteiger partial charge in [0.15, 0.2) is 0 Å². The number of nitrogens with one attached hydrogen (secondary N) is 2. The molecule has 6 aliphatic rings. The Morgan fingerprint density at radius 1 is 1.02 bits per heavy atom. The van der Waals surface area contributed by atoms with E-state index in [1.165, 1.54) is 41.3 Å².